The van der Waals surface area contributed by atoms with Crippen molar-refractivity contribution in [3.63, 3.8) is 0 Å². The predicted octanol–water partition coefficient (Wildman–Crippen LogP) is 13.2. The van der Waals surface area contributed by atoms with E-state index in [9.17, 15) is 0 Å². The highest BCUT2D eigenvalue weighted by Crippen LogP contribution is 2.69. The van der Waals surface area contributed by atoms with Gasteiger partial charge in [-0.3, -0.25) is 0 Å². The first-order chi connectivity index (χ1) is 19.4. The van der Waals surface area contributed by atoms with E-state index in [1.54, 1.807) is 51.4 Å². The Morgan fingerprint density at radius 2 is 0.692 bits per heavy atom. The maximum absolute atomic E-state index is 2.83. The topological polar surface area (TPSA) is 0 Å². The van der Waals surface area contributed by atoms with Crippen molar-refractivity contribution in [3.05, 3.63) is 23.5 Å². The molecule has 4 saturated carbocycles. The van der Waals surface area contributed by atoms with E-state index in [-0.39, 0.29) is 15.8 Å². The lowest BCUT2D eigenvalue weighted by Gasteiger charge is -2.45. The lowest BCUT2D eigenvalue weighted by Crippen LogP contribution is -2.27. The zero-order valence-electron chi connectivity index (χ0n) is 25.8. The van der Waals surface area contributed by atoms with Crippen LogP contribution in [0.2, 0.25) is 0 Å². The second kappa shape index (κ2) is 17.5. The summed E-state index contributed by atoms with van der Waals surface area (Å²) in [7, 11) is 0.0889. The van der Waals surface area contributed by atoms with Crippen LogP contribution in [0.25, 0.3) is 0 Å². The van der Waals surface area contributed by atoms with Gasteiger partial charge in [-0.1, -0.05) is 162 Å². The van der Waals surface area contributed by atoms with Crippen LogP contribution in [0.3, 0.4) is 0 Å². The average Bonchev–Trinajstić information content (AvgIpc) is 3.32. The molecule has 2 heteroatoms. The van der Waals surface area contributed by atoms with Crippen LogP contribution in [0.4, 0.5) is 0 Å². The Morgan fingerprint density at radius 1 is 0.385 bits per heavy atom. The number of hydrogen-bond donors (Lipinski definition) is 0. The van der Waals surface area contributed by atoms with E-state index in [2.05, 4.69) is 23.5 Å². The summed E-state index contributed by atoms with van der Waals surface area (Å²) < 4.78 is 0. The van der Waals surface area contributed by atoms with Crippen molar-refractivity contribution in [3.8, 4) is 0 Å². The van der Waals surface area contributed by atoms with Crippen molar-refractivity contribution in [2.75, 3.05) is 0 Å². The summed E-state index contributed by atoms with van der Waals surface area (Å²) in [6.45, 7) is 0. The molecule has 0 bridgehead atoms. The minimum atomic E-state index is 0.0213. The zero-order chi connectivity index (χ0) is 26.5. The molecule has 0 radical (unpaired) electrons. The Bertz CT molecular complexity index is 664. The van der Waals surface area contributed by atoms with Crippen molar-refractivity contribution in [2.24, 2.45) is 0 Å². The molecule has 4 fully saturated rings. The van der Waals surface area contributed by atoms with E-state index in [0.29, 0.717) is 0 Å². The minimum Gasteiger partial charge on any atom is -0.0886 e. The molecule has 0 nitrogen and oxygen atoms in total. The van der Waals surface area contributed by atoms with E-state index in [1.807, 2.05) is 0 Å². The molecular weight excluding hydrogens is 506 g/mol. The predicted molar refractivity (Wildman–Crippen MR) is 179 cm³/mol. The van der Waals surface area contributed by atoms with Gasteiger partial charge in [0.25, 0.3) is 0 Å². The smallest absolute Gasteiger partial charge is 0.0233 e. The van der Waals surface area contributed by atoms with Crippen LogP contribution in [0.5, 0.6) is 0 Å². The molecule has 0 N–H and O–H groups in total. The summed E-state index contributed by atoms with van der Waals surface area (Å²) >= 11 is 0. The van der Waals surface area contributed by atoms with Gasteiger partial charge >= 0.3 is 0 Å². The first-order valence-corrected chi connectivity index (χ1v) is 21.4. The lowest BCUT2D eigenvalue weighted by atomic mass is 10.00. The second-order valence-electron chi connectivity index (χ2n) is 14.3. The van der Waals surface area contributed by atoms with Gasteiger partial charge in [-0.25, -0.2) is 0 Å². The summed E-state index contributed by atoms with van der Waals surface area (Å²) in [5.41, 5.74) is 5.09. The Hall–Kier alpha value is 0.340. The molecule has 0 heterocycles. The highest BCUT2D eigenvalue weighted by Gasteiger charge is 2.42. The Balaban J connectivity index is 1.45. The molecule has 5 rings (SSSR count). The van der Waals surface area contributed by atoms with Crippen LogP contribution >= 0.6 is 15.8 Å². The van der Waals surface area contributed by atoms with Crippen molar-refractivity contribution in [1.82, 2.24) is 0 Å². The van der Waals surface area contributed by atoms with Gasteiger partial charge in [0.2, 0.25) is 0 Å². The first kappa shape index (κ1) is 30.8. The molecule has 39 heavy (non-hydrogen) atoms. The summed E-state index contributed by atoms with van der Waals surface area (Å²) in [5, 5.41) is 2.08. The molecule has 0 aromatic heterocycles. The monoisotopic (exact) mass is 570 g/mol. The van der Waals surface area contributed by atoms with E-state index in [1.165, 1.54) is 128 Å². The van der Waals surface area contributed by atoms with Crippen LogP contribution in [0.1, 0.15) is 180 Å². The molecule has 0 aromatic rings. The standard InChI is InChI=1S/C37H64P2/c1-5-13-22-32(23-14-6-1)38(33-24-15-7-2-8-16-25-33)36-30-21-31-37(36)39(34-26-17-9-3-10-18-27-34)35-28-19-11-4-12-20-29-35/h21,30-36H,1-20,22-29H2. The van der Waals surface area contributed by atoms with Gasteiger partial charge in [0.05, 0.1) is 0 Å². The molecule has 1 atom stereocenters. The van der Waals surface area contributed by atoms with E-state index in [4.69, 9.17) is 0 Å². The summed E-state index contributed by atoms with van der Waals surface area (Å²) in [6, 6.07) is 0. The first-order valence-electron chi connectivity index (χ1n) is 18.4. The molecular formula is C37H64P2. The van der Waals surface area contributed by atoms with E-state index < -0.39 is 0 Å². The minimum absolute atomic E-state index is 0.0213. The van der Waals surface area contributed by atoms with Gasteiger partial charge < -0.3 is 0 Å². The highest BCUT2D eigenvalue weighted by molar-refractivity contribution is 7.67. The second-order valence-corrected chi connectivity index (χ2v) is 20.0. The average molecular weight is 571 g/mol. The maximum Gasteiger partial charge on any atom is 0.0233 e. The van der Waals surface area contributed by atoms with Gasteiger partial charge in [0, 0.05) is 5.66 Å². The quantitative estimate of drug-likeness (QED) is 0.279. The highest BCUT2D eigenvalue weighted by atomic mass is 31.1. The van der Waals surface area contributed by atoms with E-state index >= 15 is 0 Å². The normalized spacial score (nSPS) is 29.1. The van der Waals surface area contributed by atoms with Crippen LogP contribution < -0.4 is 0 Å². The summed E-state index contributed by atoms with van der Waals surface area (Å²) in [6.07, 6.45) is 51.2. The molecule has 222 valence electrons. The Kier molecular flexibility index (Phi) is 13.8. The maximum atomic E-state index is 2.83. The molecule has 5 aliphatic carbocycles. The third kappa shape index (κ3) is 9.16. The van der Waals surface area contributed by atoms with Crippen molar-refractivity contribution < 1.29 is 0 Å². The molecule has 0 amide bonds. The lowest BCUT2D eigenvalue weighted by molar-refractivity contribution is 0.487. The van der Waals surface area contributed by atoms with Gasteiger partial charge in [-0.05, 0) is 79.3 Å². The Morgan fingerprint density at radius 3 is 1.05 bits per heavy atom. The molecule has 5 aliphatic rings. The molecule has 0 saturated heterocycles. The molecule has 0 spiro atoms. The fourth-order valence-electron chi connectivity index (χ4n) is 9.31. The van der Waals surface area contributed by atoms with Crippen molar-refractivity contribution in [1.29, 1.82) is 0 Å². The van der Waals surface area contributed by atoms with Crippen molar-refractivity contribution in [2.45, 2.75) is 208 Å². The molecule has 0 aliphatic heterocycles. The van der Waals surface area contributed by atoms with Crippen LogP contribution in [0, 0.1) is 0 Å². The fraction of sp³-hybridized carbons (Fsp3) is 0.892. The number of hydrogen-bond acceptors (Lipinski definition) is 0. The van der Waals surface area contributed by atoms with Gasteiger partial charge in [0.15, 0.2) is 0 Å². The van der Waals surface area contributed by atoms with Gasteiger partial charge in [-0.15, -0.1) is 0 Å². The third-order valence-electron chi connectivity index (χ3n) is 11.4. The molecule has 1 unspecified atom stereocenters. The number of allylic oxidation sites excluding steroid dienone is 4. The third-order valence-corrected chi connectivity index (χ3v) is 19.1. The SMILES string of the molecule is C1=CC(P(C2CCCCCCC2)C2CCCCCCC2)C(P(C2CCCCCCC2)C2CCCCCCC2)=C1. The number of rotatable bonds is 6. The molecule has 0 aromatic carbocycles. The van der Waals surface area contributed by atoms with Crippen LogP contribution in [0.15, 0.2) is 23.5 Å². The van der Waals surface area contributed by atoms with Gasteiger partial charge in [-0.2, -0.15) is 0 Å². The van der Waals surface area contributed by atoms with Crippen LogP contribution in [-0.4, -0.2) is 28.3 Å². The zero-order valence-corrected chi connectivity index (χ0v) is 27.6. The summed E-state index contributed by atoms with van der Waals surface area (Å²) in [4.78, 5) is 0. The van der Waals surface area contributed by atoms with Crippen LogP contribution in [-0.2, 0) is 0 Å². The van der Waals surface area contributed by atoms with Gasteiger partial charge in [0.1, 0.15) is 0 Å². The largest absolute Gasteiger partial charge is 0.0886 e. The van der Waals surface area contributed by atoms with Crippen molar-refractivity contribution >= 4 is 15.8 Å². The van der Waals surface area contributed by atoms with E-state index in [0.717, 1.165) is 28.3 Å². The summed E-state index contributed by atoms with van der Waals surface area (Å²) in [5.74, 6) is 0. The fourth-order valence-corrected chi connectivity index (χ4v) is 18.2. The Labute approximate surface area is 246 Å².